The first kappa shape index (κ1) is 8.55. The number of benzene rings is 1. The summed E-state index contributed by atoms with van der Waals surface area (Å²) in [4.78, 5) is 0. The fourth-order valence-corrected chi connectivity index (χ4v) is 0.969. The molecule has 72 valence electrons. The third-order valence-corrected chi connectivity index (χ3v) is 1.66. The van der Waals surface area contributed by atoms with Crippen molar-refractivity contribution in [1.82, 2.24) is 10.3 Å². The molecule has 14 heavy (non-hydrogen) atoms. The molecule has 0 bridgehead atoms. The topological polar surface area (TPSA) is 68.4 Å². The summed E-state index contributed by atoms with van der Waals surface area (Å²) in [5, 5.41) is 15.9. The monoisotopic (exact) mass is 192 g/mol. The molecule has 0 atom stereocenters. The van der Waals surface area contributed by atoms with Gasteiger partial charge in [0.25, 0.3) is 5.88 Å². The molecule has 1 aromatic carbocycles. The van der Waals surface area contributed by atoms with Gasteiger partial charge in [-0.2, -0.15) is 0 Å². The average molecular weight is 192 g/mol. The average Bonchev–Trinajstić information content (AvgIpc) is 2.70. The van der Waals surface area contributed by atoms with Crippen molar-refractivity contribution in [2.75, 3.05) is 0 Å². The van der Waals surface area contributed by atoms with E-state index in [-0.39, 0.29) is 5.75 Å². The van der Waals surface area contributed by atoms with Crippen molar-refractivity contribution < 1.29 is 14.5 Å². The molecule has 0 amide bonds. The maximum Gasteiger partial charge on any atom is 0.276 e. The first-order valence-electron chi connectivity index (χ1n) is 4.03. The molecular weight excluding hydrogens is 184 g/mol. The van der Waals surface area contributed by atoms with Gasteiger partial charge in [0.05, 0.1) is 0 Å². The van der Waals surface area contributed by atoms with E-state index in [1.807, 2.05) is 0 Å². The maximum absolute atomic E-state index is 9.03. The second-order valence-electron chi connectivity index (χ2n) is 2.70. The number of hydrogen-bond acceptors (Lipinski definition) is 5. The fraction of sp³-hybridized carbons (Fsp3) is 0.111. The van der Waals surface area contributed by atoms with Crippen LogP contribution < -0.4 is 4.74 Å². The van der Waals surface area contributed by atoms with Gasteiger partial charge in [0.2, 0.25) is 0 Å². The molecule has 0 unspecified atom stereocenters. The summed E-state index contributed by atoms with van der Waals surface area (Å²) in [6.07, 6.45) is 1.39. The number of phenolic OH excluding ortho intramolecular Hbond substituents is 1. The van der Waals surface area contributed by atoms with Gasteiger partial charge in [0, 0.05) is 0 Å². The Hall–Kier alpha value is -2.04. The number of nitrogens with zero attached hydrogens (tertiary/aromatic N) is 2. The van der Waals surface area contributed by atoms with Crippen molar-refractivity contribution in [2.45, 2.75) is 6.61 Å². The number of aromatic nitrogens is 2. The smallest absolute Gasteiger partial charge is 0.276 e. The van der Waals surface area contributed by atoms with Gasteiger partial charge in [-0.1, -0.05) is 17.3 Å². The van der Waals surface area contributed by atoms with Gasteiger partial charge >= 0.3 is 0 Å². The van der Waals surface area contributed by atoms with Gasteiger partial charge < -0.3 is 9.84 Å². The van der Waals surface area contributed by atoms with Crippen LogP contribution in [-0.4, -0.2) is 15.4 Å². The summed E-state index contributed by atoms with van der Waals surface area (Å²) >= 11 is 0. The van der Waals surface area contributed by atoms with Gasteiger partial charge in [-0.15, -0.1) is 0 Å². The zero-order chi connectivity index (χ0) is 9.80. The maximum atomic E-state index is 9.03. The van der Waals surface area contributed by atoms with Crippen LogP contribution in [0, 0.1) is 0 Å². The molecule has 0 aliphatic rings. The van der Waals surface area contributed by atoms with E-state index in [0.29, 0.717) is 12.5 Å². The molecule has 0 aliphatic carbocycles. The van der Waals surface area contributed by atoms with Crippen LogP contribution in [0.15, 0.2) is 35.1 Å². The van der Waals surface area contributed by atoms with E-state index in [2.05, 4.69) is 14.9 Å². The second-order valence-corrected chi connectivity index (χ2v) is 2.70. The molecule has 0 fully saturated rings. The lowest BCUT2D eigenvalue weighted by Crippen LogP contribution is -1.94. The van der Waals surface area contributed by atoms with Crippen molar-refractivity contribution in [3.8, 4) is 11.6 Å². The van der Waals surface area contributed by atoms with Crippen molar-refractivity contribution >= 4 is 0 Å². The number of ether oxygens (including phenoxy) is 1. The Morgan fingerprint density at radius 2 is 2.07 bits per heavy atom. The molecule has 0 saturated carbocycles. The molecule has 1 N–H and O–H groups in total. The first-order valence-corrected chi connectivity index (χ1v) is 4.03. The fourth-order valence-electron chi connectivity index (χ4n) is 0.969. The summed E-state index contributed by atoms with van der Waals surface area (Å²) in [5.41, 5.74) is 0.936. The Labute approximate surface area is 79.9 Å². The van der Waals surface area contributed by atoms with Crippen molar-refractivity contribution in [1.29, 1.82) is 0 Å². The van der Waals surface area contributed by atoms with E-state index in [1.165, 1.54) is 6.20 Å². The molecule has 0 radical (unpaired) electrons. The lowest BCUT2D eigenvalue weighted by molar-refractivity contribution is 0.249. The van der Waals surface area contributed by atoms with Crippen LogP contribution in [0.1, 0.15) is 5.56 Å². The minimum atomic E-state index is 0.233. The van der Waals surface area contributed by atoms with E-state index in [4.69, 9.17) is 9.84 Å². The molecule has 2 rings (SSSR count). The van der Waals surface area contributed by atoms with Gasteiger partial charge in [-0.05, 0) is 22.9 Å². The standard InChI is InChI=1S/C9H8N2O3/c12-8-3-1-7(2-4-8)6-13-9-5-10-14-11-9/h1-5,12H,6H2. The first-order chi connectivity index (χ1) is 6.84. The summed E-state index contributed by atoms with van der Waals surface area (Å²) in [6, 6.07) is 6.73. The summed E-state index contributed by atoms with van der Waals surface area (Å²) in [6.45, 7) is 0.370. The van der Waals surface area contributed by atoms with E-state index in [9.17, 15) is 0 Å². The molecule has 5 nitrogen and oxygen atoms in total. The third-order valence-electron chi connectivity index (χ3n) is 1.66. The lowest BCUT2D eigenvalue weighted by atomic mass is 10.2. The van der Waals surface area contributed by atoms with Crippen LogP contribution in [0.25, 0.3) is 0 Å². The van der Waals surface area contributed by atoms with E-state index < -0.39 is 0 Å². The number of aromatic hydroxyl groups is 1. The highest BCUT2D eigenvalue weighted by atomic mass is 16.6. The summed E-state index contributed by atoms with van der Waals surface area (Å²) in [7, 11) is 0. The Morgan fingerprint density at radius 3 is 2.71 bits per heavy atom. The molecular formula is C9H8N2O3. The Morgan fingerprint density at radius 1 is 1.29 bits per heavy atom. The summed E-state index contributed by atoms with van der Waals surface area (Å²) in [5.74, 6) is 0.579. The van der Waals surface area contributed by atoms with Crippen molar-refractivity contribution in [3.05, 3.63) is 36.0 Å². The normalized spacial score (nSPS) is 10.0. The quantitative estimate of drug-likeness (QED) is 0.795. The minimum Gasteiger partial charge on any atom is -0.508 e. The zero-order valence-corrected chi connectivity index (χ0v) is 7.25. The van der Waals surface area contributed by atoms with Crippen LogP contribution in [0.2, 0.25) is 0 Å². The number of rotatable bonds is 3. The van der Waals surface area contributed by atoms with Crippen molar-refractivity contribution in [2.24, 2.45) is 0 Å². The van der Waals surface area contributed by atoms with Crippen LogP contribution >= 0.6 is 0 Å². The highest BCUT2D eigenvalue weighted by Gasteiger charge is 1.99. The van der Waals surface area contributed by atoms with Crippen LogP contribution in [0.4, 0.5) is 0 Å². The largest absolute Gasteiger partial charge is 0.508 e. The Bertz CT molecular complexity index is 383. The SMILES string of the molecule is Oc1ccc(COc2cnon2)cc1. The predicted octanol–water partition coefficient (Wildman–Crippen LogP) is 1.35. The summed E-state index contributed by atoms with van der Waals surface area (Å²) < 4.78 is 9.58. The van der Waals surface area contributed by atoms with Gasteiger partial charge in [0.15, 0.2) is 0 Å². The highest BCUT2D eigenvalue weighted by Crippen LogP contribution is 2.11. The molecule has 1 heterocycles. The van der Waals surface area contributed by atoms with E-state index in [1.54, 1.807) is 24.3 Å². The van der Waals surface area contributed by atoms with Crippen LogP contribution in [-0.2, 0) is 6.61 Å². The predicted molar refractivity (Wildman–Crippen MR) is 46.7 cm³/mol. The molecule has 0 aliphatic heterocycles. The molecule has 0 spiro atoms. The van der Waals surface area contributed by atoms with Crippen LogP contribution in [0.3, 0.4) is 0 Å². The Kier molecular flexibility index (Phi) is 2.31. The highest BCUT2D eigenvalue weighted by molar-refractivity contribution is 5.25. The van der Waals surface area contributed by atoms with Gasteiger partial charge in [0.1, 0.15) is 18.6 Å². The number of phenols is 1. The van der Waals surface area contributed by atoms with Crippen LogP contribution in [0.5, 0.6) is 11.6 Å². The Balaban J connectivity index is 1.95. The van der Waals surface area contributed by atoms with Gasteiger partial charge in [-0.25, -0.2) is 4.63 Å². The van der Waals surface area contributed by atoms with E-state index >= 15 is 0 Å². The molecule has 1 aromatic heterocycles. The van der Waals surface area contributed by atoms with Gasteiger partial charge in [-0.3, -0.25) is 0 Å². The van der Waals surface area contributed by atoms with Crippen molar-refractivity contribution in [3.63, 3.8) is 0 Å². The molecule has 5 heteroatoms. The lowest BCUT2D eigenvalue weighted by Gasteiger charge is -2.01. The molecule has 0 saturated heterocycles. The minimum absolute atomic E-state index is 0.233. The third kappa shape index (κ3) is 2.01. The number of hydrogen-bond donors (Lipinski definition) is 1. The zero-order valence-electron chi connectivity index (χ0n) is 7.25. The van der Waals surface area contributed by atoms with E-state index in [0.717, 1.165) is 5.56 Å². The second kappa shape index (κ2) is 3.78. The molecule has 2 aromatic rings.